The molecule has 0 unspecified atom stereocenters. The van der Waals surface area contributed by atoms with Gasteiger partial charge in [0.05, 0.1) is 0 Å². The average molecular weight is 358 g/mol. The normalized spacial score (nSPS) is 8.55. The van der Waals surface area contributed by atoms with Crippen LogP contribution in [0.2, 0.25) is 0 Å². The molecular formula is C7H6ClHgO2. The number of carboxylic acids is 1. The molecule has 1 N–H and O–H groups in total. The van der Waals surface area contributed by atoms with Gasteiger partial charge in [-0.05, 0) is 0 Å². The van der Waals surface area contributed by atoms with Gasteiger partial charge in [-0.15, -0.1) is 12.4 Å². The molecule has 0 aliphatic heterocycles. The van der Waals surface area contributed by atoms with E-state index in [4.69, 9.17) is 5.11 Å². The van der Waals surface area contributed by atoms with Crippen LogP contribution in [0.3, 0.4) is 0 Å². The van der Waals surface area contributed by atoms with Crippen LogP contribution in [0.5, 0.6) is 0 Å². The summed E-state index contributed by atoms with van der Waals surface area (Å²) < 4.78 is 0.995. The molecule has 0 atom stereocenters. The summed E-state index contributed by atoms with van der Waals surface area (Å²) in [5, 5.41) is 8.60. The molecule has 0 spiro atoms. The molecule has 1 aromatic rings. The average Bonchev–Trinajstić information content (AvgIpc) is 1.88. The van der Waals surface area contributed by atoms with Gasteiger partial charge in [-0.25, -0.2) is 0 Å². The zero-order valence-electron chi connectivity index (χ0n) is 5.78. The van der Waals surface area contributed by atoms with Crippen LogP contribution in [-0.2, 0) is 26.1 Å². The fourth-order valence-corrected chi connectivity index (χ4v) is 2.30. The van der Waals surface area contributed by atoms with Crippen LogP contribution < -0.4 is 3.07 Å². The monoisotopic (exact) mass is 359 g/mol. The number of carbonyl (C=O) groups is 1. The standard InChI is InChI=1S/C7H5O2.ClH.Hg/c8-7(9)6-4-2-1-3-5-6;;/h1-4H,(H,8,9);1H;. The van der Waals surface area contributed by atoms with Gasteiger partial charge in [-0.3, -0.25) is 0 Å². The number of carboxylic acid groups (broad SMARTS) is 1. The zero-order valence-corrected chi connectivity index (χ0v) is 12.1. The summed E-state index contributed by atoms with van der Waals surface area (Å²) in [4.78, 5) is 10.5. The Labute approximate surface area is 87.0 Å². The first-order valence-corrected chi connectivity index (χ1v) is 5.61. The van der Waals surface area contributed by atoms with Crippen LogP contribution in [0.15, 0.2) is 24.3 Å². The molecule has 1 aromatic carbocycles. The molecule has 0 amide bonds. The van der Waals surface area contributed by atoms with E-state index in [2.05, 4.69) is 0 Å². The topological polar surface area (TPSA) is 37.3 Å². The molecular weight excluding hydrogens is 352 g/mol. The fourth-order valence-electron chi connectivity index (χ4n) is 0.729. The van der Waals surface area contributed by atoms with E-state index in [9.17, 15) is 4.79 Å². The summed E-state index contributed by atoms with van der Waals surface area (Å²) in [6, 6.07) is 7.13. The van der Waals surface area contributed by atoms with Crippen LogP contribution in [0.1, 0.15) is 10.4 Å². The molecule has 0 aliphatic rings. The Hall–Kier alpha value is -0.0849. The number of rotatable bonds is 1. The SMILES string of the molecule is Cl.O=C(O)c1cccc[c]1[Hg]. The summed E-state index contributed by atoms with van der Waals surface area (Å²) in [5.41, 5.74) is 0.464. The molecule has 2 nitrogen and oxygen atoms in total. The molecule has 0 saturated heterocycles. The van der Waals surface area contributed by atoms with Crippen LogP contribution in [0.25, 0.3) is 0 Å². The van der Waals surface area contributed by atoms with E-state index in [-0.39, 0.29) is 12.4 Å². The number of hydrogen-bond acceptors (Lipinski definition) is 1. The van der Waals surface area contributed by atoms with Gasteiger partial charge in [0.2, 0.25) is 0 Å². The summed E-state index contributed by atoms with van der Waals surface area (Å²) in [6.07, 6.45) is 0. The Morgan fingerprint density at radius 2 is 1.91 bits per heavy atom. The van der Waals surface area contributed by atoms with E-state index in [1.54, 1.807) is 12.1 Å². The predicted octanol–water partition coefficient (Wildman–Crippen LogP) is 0.979. The summed E-state index contributed by atoms with van der Waals surface area (Å²) >= 11 is 0.397. The van der Waals surface area contributed by atoms with Crippen LogP contribution >= 0.6 is 12.4 Å². The van der Waals surface area contributed by atoms with Crippen LogP contribution in [0.4, 0.5) is 0 Å². The Morgan fingerprint density at radius 1 is 1.36 bits per heavy atom. The molecule has 0 heterocycles. The van der Waals surface area contributed by atoms with E-state index in [1.165, 1.54) is 0 Å². The molecule has 11 heavy (non-hydrogen) atoms. The van der Waals surface area contributed by atoms with Gasteiger partial charge in [-0.1, -0.05) is 0 Å². The van der Waals surface area contributed by atoms with E-state index in [0.29, 0.717) is 31.7 Å². The summed E-state index contributed by atoms with van der Waals surface area (Å²) in [7, 11) is 0. The Kier molecular flexibility index (Phi) is 4.69. The van der Waals surface area contributed by atoms with Crippen molar-refractivity contribution in [3.05, 3.63) is 29.8 Å². The van der Waals surface area contributed by atoms with E-state index >= 15 is 0 Å². The molecule has 0 radical (unpaired) electrons. The maximum absolute atomic E-state index is 10.5. The number of aromatic carboxylic acids is 1. The van der Waals surface area contributed by atoms with Crippen LogP contribution in [0, 0.1) is 0 Å². The van der Waals surface area contributed by atoms with Gasteiger partial charge in [0.25, 0.3) is 0 Å². The first-order valence-electron chi connectivity index (χ1n) is 2.86. The van der Waals surface area contributed by atoms with Crippen molar-refractivity contribution in [2.24, 2.45) is 0 Å². The molecule has 0 saturated carbocycles. The van der Waals surface area contributed by atoms with Gasteiger partial charge in [-0.2, -0.15) is 0 Å². The minimum atomic E-state index is -0.814. The van der Waals surface area contributed by atoms with E-state index < -0.39 is 5.97 Å². The second-order valence-corrected chi connectivity index (χ2v) is 4.92. The summed E-state index contributed by atoms with van der Waals surface area (Å²) in [6.45, 7) is 0. The Balaban J connectivity index is 0.000001000. The molecule has 4 heteroatoms. The van der Waals surface area contributed by atoms with Crippen LogP contribution in [-0.4, -0.2) is 11.1 Å². The molecule has 55 valence electrons. The second-order valence-electron chi connectivity index (χ2n) is 1.96. The van der Waals surface area contributed by atoms with Crippen molar-refractivity contribution >= 4 is 21.4 Å². The number of benzene rings is 1. The Morgan fingerprint density at radius 3 is 2.27 bits per heavy atom. The van der Waals surface area contributed by atoms with Gasteiger partial charge >= 0.3 is 74.9 Å². The van der Waals surface area contributed by atoms with Crippen molar-refractivity contribution in [3.8, 4) is 0 Å². The molecule has 0 aliphatic carbocycles. The third-order valence-electron chi connectivity index (χ3n) is 1.25. The zero-order chi connectivity index (χ0) is 7.56. The number of hydrogen-bond donors (Lipinski definition) is 1. The molecule has 0 aromatic heterocycles. The minimum absolute atomic E-state index is 0. The fraction of sp³-hybridized carbons (Fsp3) is 0. The van der Waals surface area contributed by atoms with E-state index in [0.717, 1.165) is 3.07 Å². The third kappa shape index (κ3) is 2.79. The van der Waals surface area contributed by atoms with Crippen molar-refractivity contribution in [2.45, 2.75) is 0 Å². The van der Waals surface area contributed by atoms with Crippen molar-refractivity contribution in [3.63, 3.8) is 0 Å². The van der Waals surface area contributed by atoms with Gasteiger partial charge < -0.3 is 0 Å². The predicted molar refractivity (Wildman–Crippen MR) is 40.3 cm³/mol. The van der Waals surface area contributed by atoms with Gasteiger partial charge in [0.15, 0.2) is 0 Å². The van der Waals surface area contributed by atoms with Crippen molar-refractivity contribution < 1.29 is 36.0 Å². The van der Waals surface area contributed by atoms with Crippen molar-refractivity contribution in [2.75, 3.05) is 0 Å². The number of halogens is 1. The van der Waals surface area contributed by atoms with Crippen molar-refractivity contribution in [1.82, 2.24) is 0 Å². The van der Waals surface area contributed by atoms with Gasteiger partial charge in [0, 0.05) is 0 Å². The molecule has 0 bridgehead atoms. The van der Waals surface area contributed by atoms with E-state index in [1.807, 2.05) is 12.1 Å². The summed E-state index contributed by atoms with van der Waals surface area (Å²) in [5.74, 6) is -0.814. The first-order chi connectivity index (χ1) is 4.72. The van der Waals surface area contributed by atoms with Gasteiger partial charge in [0.1, 0.15) is 0 Å². The second kappa shape index (κ2) is 4.72. The molecule has 1 rings (SSSR count). The molecule has 0 fully saturated rings. The maximum atomic E-state index is 10.5. The first kappa shape index (κ1) is 10.9. The van der Waals surface area contributed by atoms with Crippen molar-refractivity contribution in [1.29, 1.82) is 0 Å². The quantitative estimate of drug-likeness (QED) is 0.760. The Bertz CT molecular complexity index is 262. The third-order valence-corrected chi connectivity index (χ3v) is 3.64.